The molecule has 0 spiro atoms. The molecule has 1 heterocycles. The molecule has 1 saturated carbocycles. The fraction of sp³-hybridized carbons (Fsp3) is 0.786. The summed E-state index contributed by atoms with van der Waals surface area (Å²) in [6.45, 7) is 10.9. The summed E-state index contributed by atoms with van der Waals surface area (Å²) in [6.07, 6.45) is 4.01. The first-order valence-electron chi connectivity index (χ1n) is 6.79. The van der Waals surface area contributed by atoms with Crippen molar-refractivity contribution in [2.75, 3.05) is 0 Å². The summed E-state index contributed by atoms with van der Waals surface area (Å²) in [5.74, 6) is 0. The van der Waals surface area contributed by atoms with Crippen LogP contribution in [-0.4, -0.2) is 15.8 Å². The molecule has 1 aromatic rings. The lowest BCUT2D eigenvalue weighted by Gasteiger charge is -2.28. The molecule has 2 rings (SSSR count). The van der Waals surface area contributed by atoms with E-state index in [1.807, 2.05) is 0 Å². The van der Waals surface area contributed by atoms with Crippen LogP contribution in [0.2, 0.25) is 0 Å². The highest BCUT2D eigenvalue weighted by atomic mass is 15.3. The zero-order chi connectivity index (χ0) is 12.5. The number of aryl methyl sites for hydroxylation is 2. The molecular weight excluding hydrogens is 210 g/mol. The van der Waals surface area contributed by atoms with Crippen molar-refractivity contribution in [1.82, 2.24) is 15.1 Å². The molecule has 0 amide bonds. The Morgan fingerprint density at radius 3 is 2.88 bits per heavy atom. The van der Waals surface area contributed by atoms with Gasteiger partial charge in [-0.15, -0.1) is 0 Å². The fourth-order valence-corrected chi connectivity index (χ4v) is 2.95. The summed E-state index contributed by atoms with van der Waals surface area (Å²) in [4.78, 5) is 0. The highest BCUT2D eigenvalue weighted by Gasteiger charge is 2.33. The van der Waals surface area contributed by atoms with Crippen molar-refractivity contribution in [1.29, 1.82) is 0 Å². The maximum Gasteiger partial charge on any atom is 0.0597 e. The zero-order valence-electron chi connectivity index (χ0n) is 11.6. The summed E-state index contributed by atoms with van der Waals surface area (Å²) in [7, 11) is 0. The first-order valence-corrected chi connectivity index (χ1v) is 6.79. The van der Waals surface area contributed by atoms with Gasteiger partial charge in [-0.3, -0.25) is 4.68 Å². The average Bonchev–Trinajstić information content (AvgIpc) is 2.78. The number of hydrogen-bond acceptors (Lipinski definition) is 2. The number of rotatable bonds is 4. The smallest absolute Gasteiger partial charge is 0.0597 e. The van der Waals surface area contributed by atoms with Crippen molar-refractivity contribution in [3.63, 3.8) is 0 Å². The summed E-state index contributed by atoms with van der Waals surface area (Å²) >= 11 is 0. The second kappa shape index (κ2) is 4.81. The lowest BCUT2D eigenvalue weighted by atomic mass is 9.87. The Labute approximate surface area is 105 Å². The molecule has 1 atom stereocenters. The van der Waals surface area contributed by atoms with Crippen LogP contribution in [-0.2, 0) is 13.1 Å². The van der Waals surface area contributed by atoms with Gasteiger partial charge in [0.1, 0.15) is 0 Å². The van der Waals surface area contributed by atoms with Gasteiger partial charge in [-0.2, -0.15) is 5.10 Å². The highest BCUT2D eigenvalue weighted by Crippen LogP contribution is 2.37. The number of hydrogen-bond donors (Lipinski definition) is 1. The van der Waals surface area contributed by atoms with Crippen LogP contribution in [0.3, 0.4) is 0 Å². The van der Waals surface area contributed by atoms with Crippen LogP contribution >= 0.6 is 0 Å². The van der Waals surface area contributed by atoms with E-state index in [1.165, 1.54) is 25.0 Å². The predicted octanol–water partition coefficient (Wildman–Crippen LogP) is 2.88. The van der Waals surface area contributed by atoms with E-state index in [4.69, 9.17) is 0 Å². The first kappa shape index (κ1) is 12.6. The molecule has 0 aromatic carbocycles. The van der Waals surface area contributed by atoms with E-state index in [0.29, 0.717) is 11.5 Å². The van der Waals surface area contributed by atoms with Gasteiger partial charge in [-0.1, -0.05) is 20.3 Å². The number of aromatic nitrogens is 2. The summed E-state index contributed by atoms with van der Waals surface area (Å²) in [5.41, 5.74) is 2.88. The molecule has 0 bridgehead atoms. The molecule has 3 nitrogen and oxygen atoms in total. The van der Waals surface area contributed by atoms with E-state index in [9.17, 15) is 0 Å². The molecule has 3 heteroatoms. The van der Waals surface area contributed by atoms with Gasteiger partial charge in [0, 0.05) is 19.1 Å². The number of nitrogens with zero attached hydrogens (tertiary/aromatic N) is 2. The molecule has 0 aliphatic heterocycles. The molecule has 1 aliphatic carbocycles. The number of nitrogens with one attached hydrogen (secondary N) is 1. The van der Waals surface area contributed by atoms with Crippen LogP contribution in [0.1, 0.15) is 51.4 Å². The molecule has 96 valence electrons. The van der Waals surface area contributed by atoms with Gasteiger partial charge in [-0.05, 0) is 38.2 Å². The van der Waals surface area contributed by atoms with Gasteiger partial charge in [0.2, 0.25) is 0 Å². The minimum Gasteiger partial charge on any atom is -0.308 e. The van der Waals surface area contributed by atoms with Crippen molar-refractivity contribution in [2.24, 2.45) is 5.41 Å². The van der Waals surface area contributed by atoms with Crippen LogP contribution in [0.4, 0.5) is 0 Å². The van der Waals surface area contributed by atoms with E-state index >= 15 is 0 Å². The highest BCUT2D eigenvalue weighted by molar-refractivity contribution is 5.09. The molecule has 17 heavy (non-hydrogen) atoms. The second-order valence-corrected chi connectivity index (χ2v) is 5.91. The Hall–Kier alpha value is -0.830. The second-order valence-electron chi connectivity index (χ2n) is 5.91. The Balaban J connectivity index is 1.97. The van der Waals surface area contributed by atoms with Crippen LogP contribution in [0, 0.1) is 12.3 Å². The quantitative estimate of drug-likeness (QED) is 0.869. The van der Waals surface area contributed by atoms with Crippen molar-refractivity contribution in [2.45, 2.75) is 66.1 Å². The van der Waals surface area contributed by atoms with Gasteiger partial charge < -0.3 is 5.32 Å². The van der Waals surface area contributed by atoms with Gasteiger partial charge >= 0.3 is 0 Å². The maximum absolute atomic E-state index is 4.49. The minimum atomic E-state index is 0.451. The van der Waals surface area contributed by atoms with Crippen LogP contribution < -0.4 is 5.32 Å². The average molecular weight is 235 g/mol. The topological polar surface area (TPSA) is 29.9 Å². The van der Waals surface area contributed by atoms with Crippen molar-refractivity contribution < 1.29 is 0 Å². The first-order chi connectivity index (χ1) is 8.03. The van der Waals surface area contributed by atoms with Crippen LogP contribution in [0.25, 0.3) is 0 Å². The summed E-state index contributed by atoms with van der Waals surface area (Å²) in [6, 6.07) is 2.85. The van der Waals surface area contributed by atoms with Gasteiger partial charge in [0.15, 0.2) is 0 Å². The van der Waals surface area contributed by atoms with Crippen molar-refractivity contribution in [3.8, 4) is 0 Å². The van der Waals surface area contributed by atoms with Gasteiger partial charge in [0.25, 0.3) is 0 Å². The SMILES string of the molecule is CCn1nc(C)cc1CNC1CCCC1(C)C. The Morgan fingerprint density at radius 2 is 2.29 bits per heavy atom. The Bertz CT molecular complexity index is 379. The van der Waals surface area contributed by atoms with E-state index in [-0.39, 0.29) is 0 Å². The maximum atomic E-state index is 4.49. The Morgan fingerprint density at radius 1 is 1.53 bits per heavy atom. The molecule has 0 radical (unpaired) electrons. The normalized spacial score (nSPS) is 23.2. The molecule has 1 fully saturated rings. The Kier molecular flexibility index (Phi) is 3.57. The third kappa shape index (κ3) is 2.71. The molecule has 0 saturated heterocycles. The van der Waals surface area contributed by atoms with E-state index in [1.54, 1.807) is 0 Å². The standard InChI is InChI=1S/C14H25N3/c1-5-17-12(9-11(2)16-17)10-15-13-7-6-8-14(13,3)4/h9,13,15H,5-8,10H2,1-4H3. The van der Waals surface area contributed by atoms with E-state index in [2.05, 4.69) is 48.9 Å². The van der Waals surface area contributed by atoms with Crippen LogP contribution in [0.15, 0.2) is 6.07 Å². The lowest BCUT2D eigenvalue weighted by molar-refractivity contribution is 0.280. The molecule has 1 aromatic heterocycles. The molecule has 1 unspecified atom stereocenters. The van der Waals surface area contributed by atoms with Crippen LogP contribution in [0.5, 0.6) is 0 Å². The fourth-order valence-electron chi connectivity index (χ4n) is 2.95. The monoisotopic (exact) mass is 235 g/mol. The van der Waals surface area contributed by atoms with Gasteiger partial charge in [0.05, 0.1) is 11.4 Å². The lowest BCUT2D eigenvalue weighted by Crippen LogP contribution is -2.37. The predicted molar refractivity (Wildman–Crippen MR) is 70.9 cm³/mol. The zero-order valence-corrected chi connectivity index (χ0v) is 11.6. The molecule has 1 aliphatic rings. The molecule has 1 N–H and O–H groups in total. The molecular formula is C14H25N3. The van der Waals surface area contributed by atoms with Crippen molar-refractivity contribution >= 4 is 0 Å². The van der Waals surface area contributed by atoms with E-state index < -0.39 is 0 Å². The third-order valence-corrected chi connectivity index (χ3v) is 4.07. The minimum absolute atomic E-state index is 0.451. The largest absolute Gasteiger partial charge is 0.308 e. The van der Waals surface area contributed by atoms with Crippen molar-refractivity contribution in [3.05, 3.63) is 17.5 Å². The van der Waals surface area contributed by atoms with Gasteiger partial charge in [-0.25, -0.2) is 0 Å². The van der Waals surface area contributed by atoms with E-state index in [0.717, 1.165) is 18.8 Å². The summed E-state index contributed by atoms with van der Waals surface area (Å²) < 4.78 is 2.10. The third-order valence-electron chi connectivity index (χ3n) is 4.07. The summed E-state index contributed by atoms with van der Waals surface area (Å²) in [5, 5.41) is 8.20.